The van der Waals surface area contributed by atoms with Gasteiger partial charge in [0.15, 0.2) is 0 Å². The lowest BCUT2D eigenvalue weighted by Crippen LogP contribution is -2.27. The first-order valence-electron chi connectivity index (χ1n) is 4.55. The molecule has 3 heteroatoms. The predicted octanol–water partition coefficient (Wildman–Crippen LogP) is 1.06. The average molecular weight is 168 g/mol. The fourth-order valence-corrected chi connectivity index (χ4v) is 1.16. The highest BCUT2D eigenvalue weighted by Gasteiger charge is 2.17. The lowest BCUT2D eigenvalue weighted by Gasteiger charge is -2.25. The number of nitrogens with zero attached hydrogens (tertiary/aromatic N) is 1. The van der Waals surface area contributed by atoms with Crippen LogP contribution < -0.4 is 5.32 Å². The van der Waals surface area contributed by atoms with Crippen LogP contribution >= 0.6 is 0 Å². The van der Waals surface area contributed by atoms with E-state index in [2.05, 4.69) is 11.4 Å². The first-order valence-corrected chi connectivity index (χ1v) is 4.55. The summed E-state index contributed by atoms with van der Waals surface area (Å²) in [4.78, 5) is 0. The Bertz CT molecular complexity index is 160. The van der Waals surface area contributed by atoms with Crippen LogP contribution in [0, 0.1) is 11.3 Å². The number of hydrogen-bond acceptors (Lipinski definition) is 3. The van der Waals surface area contributed by atoms with Crippen molar-refractivity contribution in [3.63, 3.8) is 0 Å². The Morgan fingerprint density at radius 1 is 1.67 bits per heavy atom. The van der Waals surface area contributed by atoms with Gasteiger partial charge in [-0.15, -0.1) is 0 Å². The van der Waals surface area contributed by atoms with E-state index in [4.69, 9.17) is 10.00 Å². The molecule has 0 saturated heterocycles. The number of hydrogen-bond donors (Lipinski definition) is 1. The summed E-state index contributed by atoms with van der Waals surface area (Å²) in [6.07, 6.45) is 5.00. The zero-order chi connectivity index (χ0) is 8.81. The first kappa shape index (κ1) is 9.50. The molecule has 0 aromatic heterocycles. The van der Waals surface area contributed by atoms with Crippen molar-refractivity contribution in [3.05, 3.63) is 0 Å². The Morgan fingerprint density at radius 2 is 2.42 bits per heavy atom. The van der Waals surface area contributed by atoms with Gasteiger partial charge in [-0.1, -0.05) is 0 Å². The minimum absolute atomic E-state index is 0.0509. The SMILES string of the molecule is CNC(C#N)CCOC1CCC1. The van der Waals surface area contributed by atoms with Gasteiger partial charge in [-0.3, -0.25) is 0 Å². The summed E-state index contributed by atoms with van der Waals surface area (Å²) in [5.74, 6) is 0. The highest BCUT2D eigenvalue weighted by atomic mass is 16.5. The second-order valence-corrected chi connectivity index (χ2v) is 3.18. The van der Waals surface area contributed by atoms with E-state index in [9.17, 15) is 0 Å². The van der Waals surface area contributed by atoms with Crippen LogP contribution in [0.3, 0.4) is 0 Å². The second kappa shape index (κ2) is 5.13. The van der Waals surface area contributed by atoms with Gasteiger partial charge in [0.05, 0.1) is 18.2 Å². The summed E-state index contributed by atoms with van der Waals surface area (Å²) in [5, 5.41) is 11.5. The number of nitrogens with one attached hydrogen (secondary N) is 1. The topological polar surface area (TPSA) is 45.0 Å². The van der Waals surface area contributed by atoms with E-state index in [-0.39, 0.29) is 6.04 Å². The monoisotopic (exact) mass is 168 g/mol. The van der Waals surface area contributed by atoms with Crippen LogP contribution in [0.4, 0.5) is 0 Å². The van der Waals surface area contributed by atoms with Crippen LogP contribution in [0.5, 0.6) is 0 Å². The molecule has 0 heterocycles. The van der Waals surface area contributed by atoms with Crippen molar-refractivity contribution < 1.29 is 4.74 Å². The Kier molecular flexibility index (Phi) is 4.06. The molecule has 1 N–H and O–H groups in total. The number of rotatable bonds is 5. The van der Waals surface area contributed by atoms with Gasteiger partial charge in [0.1, 0.15) is 0 Å². The predicted molar refractivity (Wildman–Crippen MR) is 46.7 cm³/mol. The normalized spacial score (nSPS) is 19.7. The van der Waals surface area contributed by atoms with Crippen molar-refractivity contribution in [1.82, 2.24) is 5.32 Å². The van der Waals surface area contributed by atoms with Crippen molar-refractivity contribution in [2.45, 2.75) is 37.8 Å². The summed E-state index contributed by atoms with van der Waals surface area (Å²) >= 11 is 0. The van der Waals surface area contributed by atoms with Gasteiger partial charge in [0, 0.05) is 6.61 Å². The number of ether oxygens (including phenoxy) is 1. The summed E-state index contributed by atoms with van der Waals surface area (Å²) in [7, 11) is 1.80. The molecule has 1 unspecified atom stereocenters. The van der Waals surface area contributed by atoms with Crippen molar-refractivity contribution in [3.8, 4) is 6.07 Å². The van der Waals surface area contributed by atoms with E-state index >= 15 is 0 Å². The third kappa shape index (κ3) is 2.80. The minimum Gasteiger partial charge on any atom is -0.378 e. The third-order valence-electron chi connectivity index (χ3n) is 2.32. The van der Waals surface area contributed by atoms with Crippen LogP contribution in [0.25, 0.3) is 0 Å². The molecule has 1 saturated carbocycles. The van der Waals surface area contributed by atoms with Gasteiger partial charge < -0.3 is 10.1 Å². The first-order chi connectivity index (χ1) is 5.86. The van der Waals surface area contributed by atoms with Gasteiger partial charge in [-0.2, -0.15) is 5.26 Å². The molecule has 0 amide bonds. The fraction of sp³-hybridized carbons (Fsp3) is 0.889. The zero-order valence-corrected chi connectivity index (χ0v) is 7.55. The van der Waals surface area contributed by atoms with Crippen LogP contribution in [-0.4, -0.2) is 25.8 Å². The van der Waals surface area contributed by atoms with E-state index in [0.717, 1.165) is 6.42 Å². The molecule has 1 atom stereocenters. The van der Waals surface area contributed by atoms with Gasteiger partial charge >= 0.3 is 0 Å². The Hall–Kier alpha value is -0.590. The molecule has 12 heavy (non-hydrogen) atoms. The molecule has 3 nitrogen and oxygen atoms in total. The minimum atomic E-state index is -0.0509. The van der Waals surface area contributed by atoms with Crippen LogP contribution in [-0.2, 0) is 4.74 Å². The second-order valence-electron chi connectivity index (χ2n) is 3.18. The largest absolute Gasteiger partial charge is 0.378 e. The van der Waals surface area contributed by atoms with Crippen LogP contribution in [0.1, 0.15) is 25.7 Å². The van der Waals surface area contributed by atoms with E-state index in [0.29, 0.717) is 12.7 Å². The Labute approximate surface area is 73.7 Å². The summed E-state index contributed by atoms with van der Waals surface area (Å²) < 4.78 is 5.52. The maximum Gasteiger partial charge on any atom is 0.0972 e. The summed E-state index contributed by atoms with van der Waals surface area (Å²) in [5.41, 5.74) is 0. The average Bonchev–Trinajstić information content (AvgIpc) is 2.02. The molecule has 1 rings (SSSR count). The Morgan fingerprint density at radius 3 is 2.83 bits per heavy atom. The highest BCUT2D eigenvalue weighted by molar-refractivity contribution is 4.88. The van der Waals surface area contributed by atoms with E-state index in [1.165, 1.54) is 19.3 Å². The lowest BCUT2D eigenvalue weighted by molar-refractivity contribution is 0.0000200. The number of nitriles is 1. The molecule has 1 aliphatic carbocycles. The molecule has 0 aromatic carbocycles. The zero-order valence-electron chi connectivity index (χ0n) is 7.55. The van der Waals surface area contributed by atoms with Gasteiger partial charge in [0.2, 0.25) is 0 Å². The van der Waals surface area contributed by atoms with E-state index in [1.807, 2.05) is 0 Å². The van der Waals surface area contributed by atoms with Gasteiger partial charge in [0.25, 0.3) is 0 Å². The van der Waals surface area contributed by atoms with Crippen LogP contribution in [0.15, 0.2) is 0 Å². The lowest BCUT2D eigenvalue weighted by atomic mass is 9.96. The molecule has 0 spiro atoms. The molecular weight excluding hydrogens is 152 g/mol. The highest BCUT2D eigenvalue weighted by Crippen LogP contribution is 2.21. The standard InChI is InChI=1S/C9H16N2O/c1-11-8(7-10)5-6-12-9-3-2-4-9/h8-9,11H,2-6H2,1H3. The molecule has 1 fully saturated rings. The molecule has 0 radical (unpaired) electrons. The van der Waals surface area contributed by atoms with Gasteiger partial charge in [-0.25, -0.2) is 0 Å². The van der Waals surface area contributed by atoms with Crippen molar-refractivity contribution in [2.24, 2.45) is 0 Å². The maximum atomic E-state index is 8.59. The van der Waals surface area contributed by atoms with Crippen molar-refractivity contribution >= 4 is 0 Å². The summed E-state index contributed by atoms with van der Waals surface area (Å²) in [6, 6.07) is 2.12. The van der Waals surface area contributed by atoms with Crippen molar-refractivity contribution in [1.29, 1.82) is 5.26 Å². The molecule has 0 aliphatic heterocycles. The third-order valence-corrected chi connectivity index (χ3v) is 2.32. The molecule has 1 aliphatic rings. The Balaban J connectivity index is 1.97. The quantitative estimate of drug-likeness (QED) is 0.667. The fourth-order valence-electron chi connectivity index (χ4n) is 1.16. The van der Waals surface area contributed by atoms with E-state index in [1.54, 1.807) is 7.05 Å². The van der Waals surface area contributed by atoms with Crippen molar-refractivity contribution in [2.75, 3.05) is 13.7 Å². The molecular formula is C9H16N2O. The molecule has 68 valence electrons. The van der Waals surface area contributed by atoms with Gasteiger partial charge in [-0.05, 0) is 32.7 Å². The van der Waals surface area contributed by atoms with Crippen LogP contribution in [0.2, 0.25) is 0 Å². The molecule has 0 bridgehead atoms. The maximum absolute atomic E-state index is 8.59. The van der Waals surface area contributed by atoms with E-state index < -0.39 is 0 Å². The smallest absolute Gasteiger partial charge is 0.0972 e. The summed E-state index contributed by atoms with van der Waals surface area (Å²) in [6.45, 7) is 0.712. The molecule has 0 aromatic rings.